The van der Waals surface area contributed by atoms with Crippen molar-refractivity contribution in [3.63, 3.8) is 0 Å². The van der Waals surface area contributed by atoms with Gasteiger partial charge >= 0.3 is 0 Å². The van der Waals surface area contributed by atoms with Gasteiger partial charge in [-0.3, -0.25) is 9.89 Å². The zero-order valence-corrected chi connectivity index (χ0v) is 19.4. The summed E-state index contributed by atoms with van der Waals surface area (Å²) < 4.78 is 17.0. The molecular weight excluding hydrogens is 392 g/mol. The molecule has 0 bridgehead atoms. The summed E-state index contributed by atoms with van der Waals surface area (Å²) in [5, 5.41) is 6.84. The summed E-state index contributed by atoms with van der Waals surface area (Å²) >= 11 is 0. The fourth-order valence-electron chi connectivity index (χ4n) is 4.28. The molecule has 2 saturated heterocycles. The van der Waals surface area contributed by atoms with E-state index in [-0.39, 0.29) is 12.2 Å². The molecule has 0 spiro atoms. The van der Waals surface area contributed by atoms with Gasteiger partial charge in [0, 0.05) is 58.9 Å². The van der Waals surface area contributed by atoms with Crippen molar-refractivity contribution in [1.82, 2.24) is 15.5 Å². The number of nitrogens with zero attached hydrogens (tertiary/aromatic N) is 2. The Morgan fingerprint density at radius 1 is 1.16 bits per heavy atom. The third-order valence-electron chi connectivity index (χ3n) is 5.81. The highest BCUT2D eigenvalue weighted by atomic mass is 16.5. The lowest BCUT2D eigenvalue weighted by atomic mass is 10.1. The number of guanidine groups is 1. The summed E-state index contributed by atoms with van der Waals surface area (Å²) in [4.78, 5) is 6.85. The molecule has 174 valence electrons. The van der Waals surface area contributed by atoms with Crippen molar-refractivity contribution in [3.05, 3.63) is 35.4 Å². The van der Waals surface area contributed by atoms with Crippen LogP contribution >= 0.6 is 0 Å². The van der Waals surface area contributed by atoms with Gasteiger partial charge in [-0.15, -0.1) is 0 Å². The van der Waals surface area contributed by atoms with E-state index < -0.39 is 0 Å². The molecule has 3 rings (SSSR count). The van der Waals surface area contributed by atoms with Gasteiger partial charge in [0.15, 0.2) is 5.96 Å². The molecule has 2 N–H and O–H groups in total. The van der Waals surface area contributed by atoms with Crippen molar-refractivity contribution in [2.24, 2.45) is 10.9 Å². The highest BCUT2D eigenvalue weighted by Gasteiger charge is 2.22. The quantitative estimate of drug-likeness (QED) is 0.336. The van der Waals surface area contributed by atoms with Crippen LogP contribution in [0, 0.1) is 5.92 Å². The van der Waals surface area contributed by atoms with Crippen LogP contribution in [-0.4, -0.2) is 76.2 Å². The Hall–Kier alpha value is -1.67. The van der Waals surface area contributed by atoms with Crippen LogP contribution in [0.4, 0.5) is 0 Å². The summed E-state index contributed by atoms with van der Waals surface area (Å²) in [6.45, 7) is 12.1. The molecule has 7 nitrogen and oxygen atoms in total. The number of nitrogens with one attached hydrogen (secondary N) is 2. The Kier molecular flexibility index (Phi) is 10.1. The lowest BCUT2D eigenvalue weighted by Gasteiger charge is -2.35. The summed E-state index contributed by atoms with van der Waals surface area (Å²) in [5.41, 5.74) is 2.66. The van der Waals surface area contributed by atoms with E-state index in [1.807, 2.05) is 7.05 Å². The number of rotatable bonds is 10. The summed E-state index contributed by atoms with van der Waals surface area (Å²) in [6.07, 6.45) is 2.65. The molecule has 0 radical (unpaired) electrons. The number of ether oxygens (including phenoxy) is 3. The van der Waals surface area contributed by atoms with Gasteiger partial charge in [-0.1, -0.05) is 24.3 Å². The average molecular weight is 433 g/mol. The molecule has 3 unspecified atom stereocenters. The minimum absolute atomic E-state index is 0.285. The molecular formula is C24H40N4O3. The number of hydrogen-bond acceptors (Lipinski definition) is 5. The van der Waals surface area contributed by atoms with E-state index >= 15 is 0 Å². The van der Waals surface area contributed by atoms with Crippen LogP contribution in [0.2, 0.25) is 0 Å². The van der Waals surface area contributed by atoms with Gasteiger partial charge in [-0.2, -0.15) is 0 Å². The van der Waals surface area contributed by atoms with Crippen molar-refractivity contribution in [2.45, 2.75) is 52.0 Å². The first-order valence-electron chi connectivity index (χ1n) is 11.7. The van der Waals surface area contributed by atoms with E-state index in [0.29, 0.717) is 5.92 Å². The highest BCUT2D eigenvalue weighted by molar-refractivity contribution is 5.79. The zero-order valence-electron chi connectivity index (χ0n) is 19.4. The molecule has 2 aliphatic heterocycles. The van der Waals surface area contributed by atoms with Crippen LogP contribution in [0.1, 0.15) is 37.8 Å². The second-order valence-corrected chi connectivity index (χ2v) is 8.73. The normalized spacial score (nSPS) is 25.0. The summed E-state index contributed by atoms with van der Waals surface area (Å²) in [6, 6.07) is 8.65. The number of hydrogen-bond donors (Lipinski definition) is 2. The van der Waals surface area contributed by atoms with Crippen molar-refractivity contribution in [1.29, 1.82) is 0 Å². The Labute approximate surface area is 187 Å². The van der Waals surface area contributed by atoms with E-state index in [4.69, 9.17) is 14.2 Å². The molecule has 1 aromatic carbocycles. The minimum Gasteiger partial charge on any atom is -0.381 e. The van der Waals surface area contributed by atoms with Crippen LogP contribution in [0.25, 0.3) is 0 Å². The van der Waals surface area contributed by atoms with Crippen molar-refractivity contribution in [2.75, 3.05) is 53.1 Å². The van der Waals surface area contributed by atoms with Gasteiger partial charge in [-0.05, 0) is 37.8 Å². The fourth-order valence-corrected chi connectivity index (χ4v) is 4.28. The Balaban J connectivity index is 1.38. The van der Waals surface area contributed by atoms with E-state index in [2.05, 4.69) is 58.6 Å². The predicted molar refractivity (Wildman–Crippen MR) is 124 cm³/mol. The van der Waals surface area contributed by atoms with Gasteiger partial charge < -0.3 is 24.8 Å². The minimum atomic E-state index is 0.285. The van der Waals surface area contributed by atoms with Gasteiger partial charge in [-0.25, -0.2) is 0 Å². The van der Waals surface area contributed by atoms with Crippen molar-refractivity contribution >= 4 is 5.96 Å². The molecule has 31 heavy (non-hydrogen) atoms. The largest absolute Gasteiger partial charge is 0.381 e. The smallest absolute Gasteiger partial charge is 0.191 e. The highest BCUT2D eigenvalue weighted by Crippen LogP contribution is 2.17. The molecule has 2 aliphatic rings. The first-order chi connectivity index (χ1) is 15.1. The van der Waals surface area contributed by atoms with E-state index in [1.54, 1.807) is 0 Å². The van der Waals surface area contributed by atoms with Crippen molar-refractivity contribution < 1.29 is 14.2 Å². The first-order valence-corrected chi connectivity index (χ1v) is 11.7. The molecule has 0 amide bonds. The van der Waals surface area contributed by atoms with E-state index in [0.717, 1.165) is 78.0 Å². The lowest BCUT2D eigenvalue weighted by molar-refractivity contribution is -0.0705. The molecule has 0 aromatic heterocycles. The Morgan fingerprint density at radius 3 is 2.65 bits per heavy atom. The van der Waals surface area contributed by atoms with Gasteiger partial charge in [0.25, 0.3) is 0 Å². The molecule has 2 heterocycles. The Bertz CT molecular complexity index is 669. The maximum Gasteiger partial charge on any atom is 0.191 e. The summed E-state index contributed by atoms with van der Waals surface area (Å²) in [7, 11) is 1.81. The monoisotopic (exact) mass is 432 g/mol. The number of morpholine rings is 1. The predicted octanol–water partition coefficient (Wildman–Crippen LogP) is 2.40. The Morgan fingerprint density at radius 2 is 1.94 bits per heavy atom. The third-order valence-corrected chi connectivity index (χ3v) is 5.81. The molecule has 3 atom stereocenters. The number of aliphatic imine (C=N–C) groups is 1. The fraction of sp³-hybridized carbons (Fsp3) is 0.708. The van der Waals surface area contributed by atoms with E-state index in [1.165, 1.54) is 11.1 Å². The van der Waals surface area contributed by atoms with Crippen LogP contribution < -0.4 is 10.6 Å². The molecule has 2 fully saturated rings. The second kappa shape index (κ2) is 13.0. The first kappa shape index (κ1) is 24.0. The maximum absolute atomic E-state index is 5.87. The van der Waals surface area contributed by atoms with Gasteiger partial charge in [0.2, 0.25) is 0 Å². The van der Waals surface area contributed by atoms with E-state index in [9.17, 15) is 0 Å². The van der Waals surface area contributed by atoms with Gasteiger partial charge in [0.1, 0.15) is 0 Å². The van der Waals surface area contributed by atoms with Gasteiger partial charge in [0.05, 0.1) is 25.4 Å². The molecule has 1 aromatic rings. The lowest BCUT2D eigenvalue weighted by Crippen LogP contribution is -2.45. The molecule has 7 heteroatoms. The molecule has 0 saturated carbocycles. The SMILES string of the molecule is CN=C(NCCCOCC1CCOC1)NCc1ccccc1CN1CC(C)OC(C)C1. The van der Waals surface area contributed by atoms with Crippen LogP contribution in [0.5, 0.6) is 0 Å². The van der Waals surface area contributed by atoms with Crippen molar-refractivity contribution in [3.8, 4) is 0 Å². The topological polar surface area (TPSA) is 67.4 Å². The van der Waals surface area contributed by atoms with Crippen LogP contribution in [0.15, 0.2) is 29.3 Å². The van der Waals surface area contributed by atoms with Crippen LogP contribution in [-0.2, 0) is 27.3 Å². The zero-order chi connectivity index (χ0) is 21.9. The van der Waals surface area contributed by atoms with Crippen LogP contribution in [0.3, 0.4) is 0 Å². The third kappa shape index (κ3) is 8.41. The standard InChI is InChI=1S/C24H40N4O3/c1-19-14-28(15-20(2)31-19)16-23-8-5-4-7-22(23)13-27-24(25-3)26-10-6-11-29-17-21-9-12-30-18-21/h4-5,7-8,19-21H,6,9-18H2,1-3H3,(H2,25,26,27). The molecule has 0 aliphatic carbocycles. The second-order valence-electron chi connectivity index (χ2n) is 8.73. The maximum atomic E-state index is 5.87. The number of benzene rings is 1. The summed E-state index contributed by atoms with van der Waals surface area (Å²) in [5.74, 6) is 1.40. The average Bonchev–Trinajstić information content (AvgIpc) is 3.26.